The standard InChI is InChI=1S/C16H13BrClN3/c17-9-1-5-13(19)12(7-9)16-20-14-6-2-10(18)8-15(14)21(16)11-3-4-11/h1-2,5-8,11H,3-4,19H2. The average Bonchev–Trinajstić information content (AvgIpc) is 3.22. The lowest BCUT2D eigenvalue weighted by Gasteiger charge is -2.10. The maximum Gasteiger partial charge on any atom is 0.143 e. The molecule has 1 heterocycles. The van der Waals surface area contributed by atoms with Crippen LogP contribution in [0.3, 0.4) is 0 Å². The maximum absolute atomic E-state index is 6.16. The second kappa shape index (κ2) is 4.75. The lowest BCUT2D eigenvalue weighted by atomic mass is 10.1. The van der Waals surface area contributed by atoms with E-state index in [4.69, 9.17) is 22.3 Å². The summed E-state index contributed by atoms with van der Waals surface area (Å²) in [5.74, 6) is 0.925. The number of benzene rings is 2. The summed E-state index contributed by atoms with van der Waals surface area (Å²) >= 11 is 9.67. The smallest absolute Gasteiger partial charge is 0.143 e. The summed E-state index contributed by atoms with van der Waals surface area (Å²) in [5, 5.41) is 0.734. The van der Waals surface area contributed by atoms with Crippen LogP contribution in [0.25, 0.3) is 22.4 Å². The van der Waals surface area contributed by atoms with Crippen LogP contribution in [0.15, 0.2) is 40.9 Å². The molecule has 0 atom stereocenters. The molecule has 3 nitrogen and oxygen atoms in total. The van der Waals surface area contributed by atoms with E-state index in [1.807, 2.05) is 36.4 Å². The number of anilines is 1. The molecular weight excluding hydrogens is 350 g/mol. The van der Waals surface area contributed by atoms with Gasteiger partial charge in [0.05, 0.1) is 11.0 Å². The van der Waals surface area contributed by atoms with Crippen LogP contribution >= 0.6 is 27.5 Å². The zero-order chi connectivity index (χ0) is 14.6. The van der Waals surface area contributed by atoms with Crippen molar-refractivity contribution < 1.29 is 0 Å². The van der Waals surface area contributed by atoms with Crippen molar-refractivity contribution in [1.29, 1.82) is 0 Å². The van der Waals surface area contributed by atoms with E-state index < -0.39 is 0 Å². The molecule has 1 aliphatic carbocycles. The van der Waals surface area contributed by atoms with Gasteiger partial charge in [0.1, 0.15) is 5.82 Å². The van der Waals surface area contributed by atoms with Crippen molar-refractivity contribution in [2.45, 2.75) is 18.9 Å². The number of nitrogens with zero attached hydrogens (tertiary/aromatic N) is 2. The molecule has 0 bridgehead atoms. The van der Waals surface area contributed by atoms with Gasteiger partial charge in [0.25, 0.3) is 0 Å². The van der Waals surface area contributed by atoms with Gasteiger partial charge in [-0.1, -0.05) is 27.5 Å². The largest absolute Gasteiger partial charge is 0.398 e. The highest BCUT2D eigenvalue weighted by Gasteiger charge is 2.29. The molecule has 1 fully saturated rings. The molecular formula is C16H13BrClN3. The van der Waals surface area contributed by atoms with Crippen molar-refractivity contribution in [2.24, 2.45) is 0 Å². The van der Waals surface area contributed by atoms with Gasteiger partial charge in [0.15, 0.2) is 0 Å². The van der Waals surface area contributed by atoms with Crippen LogP contribution in [-0.4, -0.2) is 9.55 Å². The number of halogens is 2. The van der Waals surface area contributed by atoms with Crippen LogP contribution in [0.4, 0.5) is 5.69 Å². The molecule has 0 amide bonds. The fourth-order valence-corrected chi connectivity index (χ4v) is 3.21. The lowest BCUT2D eigenvalue weighted by Crippen LogP contribution is -2.00. The third-order valence-electron chi connectivity index (χ3n) is 3.82. The van der Waals surface area contributed by atoms with E-state index >= 15 is 0 Å². The van der Waals surface area contributed by atoms with Gasteiger partial charge in [-0.3, -0.25) is 0 Å². The minimum Gasteiger partial charge on any atom is -0.398 e. The van der Waals surface area contributed by atoms with E-state index in [0.717, 1.165) is 37.6 Å². The predicted octanol–water partition coefficient (Wildman–Crippen LogP) is 5.04. The van der Waals surface area contributed by atoms with E-state index in [9.17, 15) is 0 Å². The van der Waals surface area contributed by atoms with E-state index in [0.29, 0.717) is 6.04 Å². The zero-order valence-corrected chi connectivity index (χ0v) is 13.5. The molecule has 1 aromatic heterocycles. The van der Waals surface area contributed by atoms with Crippen molar-refractivity contribution in [1.82, 2.24) is 9.55 Å². The first-order chi connectivity index (χ1) is 10.1. The van der Waals surface area contributed by atoms with E-state index in [-0.39, 0.29) is 0 Å². The number of aromatic nitrogens is 2. The van der Waals surface area contributed by atoms with Crippen LogP contribution in [0.1, 0.15) is 18.9 Å². The number of fused-ring (bicyclic) bond motifs is 1. The van der Waals surface area contributed by atoms with Gasteiger partial charge in [-0.15, -0.1) is 0 Å². The molecule has 5 heteroatoms. The Hall–Kier alpha value is -1.52. The Labute approximate surface area is 135 Å². The van der Waals surface area contributed by atoms with Crippen molar-refractivity contribution in [3.8, 4) is 11.4 Å². The van der Waals surface area contributed by atoms with Crippen LogP contribution in [0.2, 0.25) is 5.02 Å². The summed E-state index contributed by atoms with van der Waals surface area (Å²) in [6.45, 7) is 0. The van der Waals surface area contributed by atoms with Gasteiger partial charge in [-0.05, 0) is 49.2 Å². The van der Waals surface area contributed by atoms with Crippen LogP contribution in [-0.2, 0) is 0 Å². The van der Waals surface area contributed by atoms with Gasteiger partial charge < -0.3 is 10.3 Å². The van der Waals surface area contributed by atoms with E-state index in [1.54, 1.807) is 0 Å². The predicted molar refractivity (Wildman–Crippen MR) is 90.6 cm³/mol. The van der Waals surface area contributed by atoms with Crippen LogP contribution < -0.4 is 5.73 Å². The number of rotatable bonds is 2. The third kappa shape index (κ3) is 2.23. The molecule has 2 N–H and O–H groups in total. The SMILES string of the molecule is Nc1ccc(Br)cc1-c1nc2ccc(Cl)cc2n1C1CC1. The summed E-state index contributed by atoms with van der Waals surface area (Å²) in [6.07, 6.45) is 2.36. The summed E-state index contributed by atoms with van der Waals surface area (Å²) in [7, 11) is 0. The van der Waals surface area contributed by atoms with Crippen molar-refractivity contribution >= 4 is 44.3 Å². The number of hydrogen-bond acceptors (Lipinski definition) is 2. The third-order valence-corrected chi connectivity index (χ3v) is 4.55. The van der Waals surface area contributed by atoms with Crippen molar-refractivity contribution in [3.05, 3.63) is 45.9 Å². The molecule has 4 rings (SSSR count). The maximum atomic E-state index is 6.16. The highest BCUT2D eigenvalue weighted by molar-refractivity contribution is 9.10. The minimum absolute atomic E-state index is 0.502. The number of nitrogens with two attached hydrogens (primary N) is 1. The van der Waals surface area contributed by atoms with Crippen molar-refractivity contribution in [2.75, 3.05) is 5.73 Å². The van der Waals surface area contributed by atoms with Gasteiger partial charge in [0, 0.05) is 26.8 Å². The fourth-order valence-electron chi connectivity index (χ4n) is 2.68. The monoisotopic (exact) mass is 361 g/mol. The molecule has 2 aromatic carbocycles. The Kier molecular flexibility index (Phi) is 2.98. The van der Waals surface area contributed by atoms with Crippen LogP contribution in [0.5, 0.6) is 0 Å². The molecule has 106 valence electrons. The Morgan fingerprint density at radius 3 is 2.76 bits per heavy atom. The fraction of sp³-hybridized carbons (Fsp3) is 0.188. The molecule has 1 saturated carbocycles. The molecule has 0 saturated heterocycles. The lowest BCUT2D eigenvalue weighted by molar-refractivity contribution is 0.775. The quantitative estimate of drug-likeness (QED) is 0.649. The highest BCUT2D eigenvalue weighted by Crippen LogP contribution is 2.43. The second-order valence-electron chi connectivity index (χ2n) is 5.40. The average molecular weight is 363 g/mol. The van der Waals surface area contributed by atoms with Crippen molar-refractivity contribution in [3.63, 3.8) is 0 Å². The molecule has 0 unspecified atom stereocenters. The first-order valence-corrected chi connectivity index (χ1v) is 8.03. The van der Waals surface area contributed by atoms with Gasteiger partial charge in [-0.25, -0.2) is 4.98 Å². The Morgan fingerprint density at radius 1 is 1.19 bits per heavy atom. The molecule has 0 aliphatic heterocycles. The minimum atomic E-state index is 0.502. The molecule has 1 aliphatic rings. The Balaban J connectivity index is 2.04. The van der Waals surface area contributed by atoms with Gasteiger partial charge >= 0.3 is 0 Å². The normalized spacial score (nSPS) is 14.8. The molecule has 21 heavy (non-hydrogen) atoms. The second-order valence-corrected chi connectivity index (χ2v) is 6.75. The topological polar surface area (TPSA) is 43.8 Å². The van der Waals surface area contributed by atoms with Crippen LogP contribution in [0, 0.1) is 0 Å². The highest BCUT2D eigenvalue weighted by atomic mass is 79.9. The number of hydrogen-bond donors (Lipinski definition) is 1. The Bertz CT molecular complexity index is 852. The summed E-state index contributed by atoms with van der Waals surface area (Å²) in [5.41, 5.74) is 9.90. The molecule has 3 aromatic rings. The molecule has 0 spiro atoms. The first kappa shape index (κ1) is 13.2. The number of nitrogen functional groups attached to an aromatic ring is 1. The molecule has 0 radical (unpaired) electrons. The summed E-state index contributed by atoms with van der Waals surface area (Å²) < 4.78 is 3.28. The van der Waals surface area contributed by atoms with Gasteiger partial charge in [-0.2, -0.15) is 0 Å². The van der Waals surface area contributed by atoms with E-state index in [1.165, 1.54) is 12.8 Å². The Morgan fingerprint density at radius 2 is 2.00 bits per heavy atom. The zero-order valence-electron chi connectivity index (χ0n) is 11.2. The first-order valence-electron chi connectivity index (χ1n) is 6.86. The van der Waals surface area contributed by atoms with Gasteiger partial charge in [0.2, 0.25) is 0 Å². The van der Waals surface area contributed by atoms with E-state index in [2.05, 4.69) is 20.5 Å². The summed E-state index contributed by atoms with van der Waals surface area (Å²) in [6, 6.07) is 12.2. The summed E-state index contributed by atoms with van der Waals surface area (Å²) in [4.78, 5) is 4.79. The number of imidazole rings is 1.